The lowest BCUT2D eigenvalue weighted by atomic mass is 9.85. The van der Waals surface area contributed by atoms with Crippen LogP contribution in [-0.2, 0) is 41.8 Å². The van der Waals surface area contributed by atoms with Gasteiger partial charge in [-0.1, -0.05) is 148 Å². The standard InChI is InChI=1S/C51H80O18P2/c1-3-5-7-8-9-10-11-12-13-14-15-16-17-18-19-23-31-37-44(54)65-39-43(40-66-71(63,64)69-51-48(58)46(56)47(57)50(49(51)59)68-70(60,61)62)67-45(55)38-32-24-21-20-22-28-34-42(53)36-30-26-25-29-35-41(52)33-27-6-4-2/h5-7,9-10,12-13,15-16,21-22,24-30,35-36,41-43,46-53,56-59H,3-4,8,11,14,17-20,23,31-34,37-40H2,1-2H3,(H,63,64)(H2,60,61,62)/b7-5-,10-9-,13-12-,16-15-,24-21-,26-25-,27-6-,28-22-,35-29+,36-30+/t41-,42+,43+,46?,47?,48?,49?,50+,51-/m0/s1. The molecule has 1 saturated carbocycles. The van der Waals surface area contributed by atoms with Crippen molar-refractivity contribution in [3.63, 3.8) is 0 Å². The van der Waals surface area contributed by atoms with E-state index >= 15 is 0 Å². The summed E-state index contributed by atoms with van der Waals surface area (Å²) in [6.45, 7) is 2.63. The van der Waals surface area contributed by atoms with Crippen LogP contribution in [0, 0.1) is 0 Å². The Bertz CT molecular complexity index is 1860. The van der Waals surface area contributed by atoms with Gasteiger partial charge in [-0.05, 0) is 77.0 Å². The number of rotatable bonds is 38. The molecular formula is C51H80O18P2. The van der Waals surface area contributed by atoms with Gasteiger partial charge in [0.2, 0.25) is 0 Å². The van der Waals surface area contributed by atoms with Crippen LogP contribution >= 0.6 is 15.6 Å². The third-order valence-corrected chi connectivity index (χ3v) is 11.7. The number of esters is 2. The third kappa shape index (κ3) is 34.4. The molecule has 1 fully saturated rings. The highest BCUT2D eigenvalue weighted by atomic mass is 31.2. The topological polar surface area (TPSA) is 296 Å². The zero-order valence-corrected chi connectivity index (χ0v) is 42.9. The van der Waals surface area contributed by atoms with Gasteiger partial charge in [0.1, 0.15) is 43.2 Å². The Morgan fingerprint density at radius 3 is 1.56 bits per heavy atom. The second kappa shape index (κ2) is 39.8. The van der Waals surface area contributed by atoms with Gasteiger partial charge < -0.3 is 54.8 Å². The van der Waals surface area contributed by atoms with E-state index in [1.807, 2.05) is 25.2 Å². The van der Waals surface area contributed by atoms with Gasteiger partial charge in [0.05, 0.1) is 18.8 Å². The van der Waals surface area contributed by atoms with Crippen molar-refractivity contribution in [3.8, 4) is 0 Å². The molecule has 1 rings (SSSR count). The fraction of sp³-hybridized carbons (Fsp3) is 0.569. The molecule has 0 aromatic carbocycles. The number of phosphoric acid groups is 2. The van der Waals surface area contributed by atoms with Crippen molar-refractivity contribution in [3.05, 3.63) is 122 Å². The summed E-state index contributed by atoms with van der Waals surface area (Å²) >= 11 is 0. The van der Waals surface area contributed by atoms with E-state index < -0.39 is 95.7 Å². The lowest BCUT2D eigenvalue weighted by Gasteiger charge is -2.43. The summed E-state index contributed by atoms with van der Waals surface area (Å²) in [5.74, 6) is -1.41. The second-order valence-electron chi connectivity index (χ2n) is 16.5. The molecule has 0 spiro atoms. The van der Waals surface area contributed by atoms with E-state index in [1.54, 1.807) is 54.7 Å². The number of phosphoric ester groups is 2. The van der Waals surface area contributed by atoms with E-state index in [1.165, 1.54) is 0 Å². The molecule has 0 aliphatic heterocycles. The maximum Gasteiger partial charge on any atom is 0.472 e. The molecule has 0 saturated heterocycles. The largest absolute Gasteiger partial charge is 0.472 e. The van der Waals surface area contributed by atoms with Gasteiger partial charge in [0.15, 0.2) is 6.10 Å². The number of carbonyl (C=O) groups excluding carboxylic acids is 2. The van der Waals surface area contributed by atoms with Crippen molar-refractivity contribution >= 4 is 27.6 Å². The minimum absolute atomic E-state index is 0.0465. The number of ether oxygens (including phenoxy) is 2. The number of aliphatic hydroxyl groups is 6. The Morgan fingerprint density at radius 1 is 0.521 bits per heavy atom. The molecule has 1 aliphatic carbocycles. The van der Waals surface area contributed by atoms with Crippen LogP contribution in [-0.4, -0.2) is 125 Å². The van der Waals surface area contributed by atoms with Gasteiger partial charge >= 0.3 is 27.6 Å². The molecule has 402 valence electrons. The van der Waals surface area contributed by atoms with Crippen molar-refractivity contribution in [2.45, 2.75) is 172 Å². The van der Waals surface area contributed by atoms with Gasteiger partial charge in [-0.15, -0.1) is 0 Å². The second-order valence-corrected chi connectivity index (χ2v) is 19.1. The van der Waals surface area contributed by atoms with Gasteiger partial charge in [0.25, 0.3) is 0 Å². The van der Waals surface area contributed by atoms with Gasteiger partial charge in [-0.2, -0.15) is 0 Å². The van der Waals surface area contributed by atoms with Crippen LogP contribution in [0.3, 0.4) is 0 Å². The molecule has 20 heteroatoms. The number of aliphatic hydroxyl groups excluding tert-OH is 6. The molecule has 0 bridgehead atoms. The molecule has 0 heterocycles. The van der Waals surface area contributed by atoms with Crippen LogP contribution in [0.25, 0.3) is 0 Å². The molecule has 71 heavy (non-hydrogen) atoms. The Morgan fingerprint density at radius 2 is 1.00 bits per heavy atom. The first-order valence-electron chi connectivity index (χ1n) is 24.3. The summed E-state index contributed by atoms with van der Waals surface area (Å²) in [6.07, 6.45) is 32.1. The monoisotopic (exact) mass is 1040 g/mol. The van der Waals surface area contributed by atoms with Gasteiger partial charge in [0, 0.05) is 12.8 Å². The summed E-state index contributed by atoms with van der Waals surface area (Å²) in [5.41, 5.74) is 0. The van der Waals surface area contributed by atoms with Gasteiger partial charge in [-0.25, -0.2) is 9.13 Å². The van der Waals surface area contributed by atoms with Crippen LogP contribution in [0.1, 0.15) is 117 Å². The van der Waals surface area contributed by atoms with Crippen LogP contribution in [0.5, 0.6) is 0 Å². The zero-order valence-electron chi connectivity index (χ0n) is 41.1. The van der Waals surface area contributed by atoms with Crippen molar-refractivity contribution in [1.82, 2.24) is 0 Å². The average molecular weight is 1040 g/mol. The Kier molecular flexibility index (Phi) is 36.6. The molecule has 5 unspecified atom stereocenters. The Hall–Kier alpha value is -3.68. The lowest BCUT2D eigenvalue weighted by Crippen LogP contribution is -2.64. The molecule has 0 aromatic heterocycles. The van der Waals surface area contributed by atoms with Crippen LogP contribution < -0.4 is 0 Å². The van der Waals surface area contributed by atoms with Crippen molar-refractivity contribution in [2.75, 3.05) is 13.2 Å². The fourth-order valence-corrected chi connectivity index (χ4v) is 7.99. The van der Waals surface area contributed by atoms with Crippen LogP contribution in [0.15, 0.2) is 122 Å². The zero-order chi connectivity index (χ0) is 52.8. The lowest BCUT2D eigenvalue weighted by molar-refractivity contribution is -0.216. The highest BCUT2D eigenvalue weighted by molar-refractivity contribution is 7.47. The van der Waals surface area contributed by atoms with Crippen molar-refractivity contribution in [2.24, 2.45) is 0 Å². The first kappa shape index (κ1) is 65.3. The predicted octanol–water partition coefficient (Wildman–Crippen LogP) is 7.44. The first-order chi connectivity index (χ1) is 33.9. The molecule has 18 nitrogen and oxygen atoms in total. The average Bonchev–Trinajstić information content (AvgIpc) is 3.32. The number of hydrogen-bond acceptors (Lipinski definition) is 15. The SMILES string of the molecule is CC/C=C\C/C=C\C/C=C\C/C=C\CCCCCCC(=O)OC[C@H](COP(=O)(O)O[C@H]1C(O)C(O)C(O)[C@@H](OP(=O)(O)O)C1O)OC(=O)CC/C=C\C/C=C\C[C@@H](O)/C=C/C=C\C=C\[C@@H](O)C/C=C\CC. The number of carbonyl (C=O) groups is 2. The minimum Gasteiger partial charge on any atom is -0.462 e. The summed E-state index contributed by atoms with van der Waals surface area (Å²) in [6, 6.07) is 0. The fourth-order valence-electron chi connectivity index (χ4n) is 6.45. The highest BCUT2D eigenvalue weighted by Crippen LogP contribution is 2.49. The van der Waals surface area contributed by atoms with E-state index in [0.29, 0.717) is 25.7 Å². The normalized spacial score (nSPS) is 22.8. The molecule has 0 amide bonds. The van der Waals surface area contributed by atoms with Gasteiger partial charge in [-0.3, -0.25) is 23.2 Å². The molecule has 9 N–H and O–H groups in total. The van der Waals surface area contributed by atoms with E-state index in [2.05, 4.69) is 60.1 Å². The quantitative estimate of drug-likeness (QED) is 0.00954. The van der Waals surface area contributed by atoms with E-state index in [4.69, 9.17) is 18.5 Å². The Labute approximate surface area is 419 Å². The predicted molar refractivity (Wildman–Crippen MR) is 271 cm³/mol. The molecule has 0 aromatic rings. The Balaban J connectivity index is 2.71. The number of allylic oxidation sites excluding steroid dienone is 16. The smallest absolute Gasteiger partial charge is 0.462 e. The van der Waals surface area contributed by atoms with E-state index in [0.717, 1.165) is 57.8 Å². The molecule has 0 radical (unpaired) electrons. The summed E-state index contributed by atoms with van der Waals surface area (Å²) in [4.78, 5) is 54.3. The summed E-state index contributed by atoms with van der Waals surface area (Å²) < 4.78 is 49.2. The minimum atomic E-state index is -5.40. The summed E-state index contributed by atoms with van der Waals surface area (Å²) in [7, 11) is -10.8. The van der Waals surface area contributed by atoms with Crippen LogP contribution in [0.2, 0.25) is 0 Å². The maximum absolute atomic E-state index is 13.0. The summed E-state index contributed by atoms with van der Waals surface area (Å²) in [5, 5.41) is 61.3. The van der Waals surface area contributed by atoms with Crippen LogP contribution in [0.4, 0.5) is 0 Å². The van der Waals surface area contributed by atoms with Crippen molar-refractivity contribution < 1.29 is 87.1 Å². The van der Waals surface area contributed by atoms with Crippen molar-refractivity contribution in [1.29, 1.82) is 0 Å². The molecular weight excluding hydrogens is 962 g/mol. The highest BCUT2D eigenvalue weighted by Gasteiger charge is 2.54. The van der Waals surface area contributed by atoms with E-state index in [-0.39, 0.29) is 19.3 Å². The maximum atomic E-state index is 13.0. The first-order valence-corrected chi connectivity index (χ1v) is 27.3. The number of unbranched alkanes of at least 4 members (excludes halogenated alkanes) is 4. The third-order valence-electron chi connectivity index (χ3n) is 10.2. The molecule has 10 atom stereocenters. The molecule has 1 aliphatic rings. The number of hydrogen-bond donors (Lipinski definition) is 9. The van der Waals surface area contributed by atoms with E-state index in [9.17, 15) is 64.0 Å².